The predicted octanol–water partition coefficient (Wildman–Crippen LogP) is 2.68. The van der Waals surface area contributed by atoms with Crippen LogP contribution in [0.25, 0.3) is 0 Å². The first-order valence-corrected chi connectivity index (χ1v) is 7.29. The van der Waals surface area contributed by atoms with Gasteiger partial charge in [-0.2, -0.15) is 0 Å². The summed E-state index contributed by atoms with van der Waals surface area (Å²) in [6.45, 7) is 5.75. The van der Waals surface area contributed by atoms with Crippen molar-refractivity contribution >= 4 is 0 Å². The van der Waals surface area contributed by atoms with Crippen molar-refractivity contribution in [3.8, 4) is 0 Å². The van der Waals surface area contributed by atoms with Crippen molar-refractivity contribution in [3.63, 3.8) is 0 Å². The molecule has 0 heterocycles. The molecule has 0 spiro atoms. The quantitative estimate of drug-likeness (QED) is 0.764. The summed E-state index contributed by atoms with van der Waals surface area (Å²) < 4.78 is 0. The first kappa shape index (κ1) is 13.6. The Labute approximate surface area is 111 Å². The summed E-state index contributed by atoms with van der Waals surface area (Å²) in [7, 11) is 0. The first-order chi connectivity index (χ1) is 8.78. The second kappa shape index (κ2) is 6.91. The van der Waals surface area contributed by atoms with Crippen molar-refractivity contribution in [2.45, 2.75) is 38.6 Å². The molecule has 1 aliphatic carbocycles. The van der Waals surface area contributed by atoms with Crippen molar-refractivity contribution in [2.24, 2.45) is 11.7 Å². The monoisotopic (exact) mass is 246 g/mol. The zero-order valence-electron chi connectivity index (χ0n) is 11.5. The average molecular weight is 246 g/mol. The third-order valence-electron chi connectivity index (χ3n) is 3.59. The fourth-order valence-electron chi connectivity index (χ4n) is 2.55. The second-order valence-corrected chi connectivity index (χ2v) is 5.65. The molecule has 1 atom stereocenters. The van der Waals surface area contributed by atoms with E-state index in [0.29, 0.717) is 0 Å². The van der Waals surface area contributed by atoms with E-state index in [9.17, 15) is 0 Å². The highest BCUT2D eigenvalue weighted by Gasteiger charge is 2.24. The van der Waals surface area contributed by atoms with Gasteiger partial charge in [0.1, 0.15) is 0 Å². The Bertz CT molecular complexity index is 332. The summed E-state index contributed by atoms with van der Waals surface area (Å²) in [6, 6.07) is 10.9. The van der Waals surface area contributed by atoms with Gasteiger partial charge in [0, 0.05) is 19.1 Å². The molecule has 2 nitrogen and oxygen atoms in total. The van der Waals surface area contributed by atoms with Crippen LogP contribution >= 0.6 is 0 Å². The van der Waals surface area contributed by atoms with Gasteiger partial charge >= 0.3 is 0 Å². The summed E-state index contributed by atoms with van der Waals surface area (Å²) in [6.07, 6.45) is 5.07. The minimum Gasteiger partial charge on any atom is -0.326 e. The summed E-state index contributed by atoms with van der Waals surface area (Å²) >= 11 is 0. The van der Waals surface area contributed by atoms with Crippen molar-refractivity contribution in [1.29, 1.82) is 0 Å². The number of rotatable bonds is 8. The van der Waals surface area contributed by atoms with Crippen LogP contribution in [0.3, 0.4) is 0 Å². The van der Waals surface area contributed by atoms with E-state index in [1.807, 2.05) is 0 Å². The van der Waals surface area contributed by atoms with Crippen LogP contribution in [-0.2, 0) is 6.42 Å². The molecular weight excluding hydrogens is 220 g/mol. The number of benzene rings is 1. The fraction of sp³-hybridized carbons (Fsp3) is 0.625. The zero-order valence-corrected chi connectivity index (χ0v) is 11.5. The SMILES string of the molecule is CCCN(CC(N)Cc1ccccc1)CC1CC1. The van der Waals surface area contributed by atoms with Crippen molar-refractivity contribution in [1.82, 2.24) is 4.90 Å². The molecule has 0 bridgehead atoms. The minimum atomic E-state index is 0.262. The maximum atomic E-state index is 6.29. The van der Waals surface area contributed by atoms with Crippen LogP contribution < -0.4 is 5.73 Å². The lowest BCUT2D eigenvalue weighted by Gasteiger charge is -2.25. The predicted molar refractivity (Wildman–Crippen MR) is 77.6 cm³/mol. The smallest absolute Gasteiger partial charge is 0.0208 e. The molecule has 0 radical (unpaired) electrons. The van der Waals surface area contributed by atoms with Gasteiger partial charge in [-0.1, -0.05) is 37.3 Å². The molecule has 1 aromatic rings. The van der Waals surface area contributed by atoms with Crippen LogP contribution in [0.1, 0.15) is 31.7 Å². The van der Waals surface area contributed by atoms with Crippen LogP contribution in [0, 0.1) is 5.92 Å². The maximum absolute atomic E-state index is 6.29. The molecule has 0 saturated heterocycles. The Morgan fingerprint density at radius 1 is 1.28 bits per heavy atom. The molecule has 1 aliphatic rings. The van der Waals surface area contributed by atoms with Gasteiger partial charge in [-0.3, -0.25) is 0 Å². The van der Waals surface area contributed by atoms with Gasteiger partial charge in [-0.05, 0) is 43.7 Å². The van der Waals surface area contributed by atoms with E-state index in [4.69, 9.17) is 5.73 Å². The van der Waals surface area contributed by atoms with E-state index in [1.54, 1.807) is 0 Å². The van der Waals surface area contributed by atoms with Gasteiger partial charge in [0.25, 0.3) is 0 Å². The third kappa shape index (κ3) is 4.79. The Hall–Kier alpha value is -0.860. The zero-order chi connectivity index (χ0) is 12.8. The Balaban J connectivity index is 1.78. The molecule has 18 heavy (non-hydrogen) atoms. The van der Waals surface area contributed by atoms with Crippen LogP contribution in [-0.4, -0.2) is 30.6 Å². The van der Waals surface area contributed by atoms with Crippen LogP contribution in [0.15, 0.2) is 30.3 Å². The molecule has 0 amide bonds. The van der Waals surface area contributed by atoms with Crippen molar-refractivity contribution in [2.75, 3.05) is 19.6 Å². The normalized spacial score (nSPS) is 17.1. The average Bonchev–Trinajstić information content (AvgIpc) is 3.14. The highest BCUT2D eigenvalue weighted by Crippen LogP contribution is 2.29. The third-order valence-corrected chi connectivity index (χ3v) is 3.59. The maximum Gasteiger partial charge on any atom is 0.0208 e. The molecule has 100 valence electrons. The molecular formula is C16H26N2. The van der Waals surface area contributed by atoms with Gasteiger partial charge in [-0.15, -0.1) is 0 Å². The van der Waals surface area contributed by atoms with Crippen LogP contribution in [0.5, 0.6) is 0 Å². The van der Waals surface area contributed by atoms with E-state index >= 15 is 0 Å². The fourth-order valence-corrected chi connectivity index (χ4v) is 2.55. The summed E-state index contributed by atoms with van der Waals surface area (Å²) in [5.74, 6) is 0.959. The summed E-state index contributed by atoms with van der Waals surface area (Å²) in [5.41, 5.74) is 7.65. The highest BCUT2D eigenvalue weighted by atomic mass is 15.1. The molecule has 0 aromatic heterocycles. The Kier molecular flexibility index (Phi) is 5.21. The van der Waals surface area contributed by atoms with Gasteiger partial charge < -0.3 is 10.6 Å². The lowest BCUT2D eigenvalue weighted by molar-refractivity contribution is 0.246. The van der Waals surface area contributed by atoms with Crippen molar-refractivity contribution < 1.29 is 0 Å². The molecule has 2 heteroatoms. The van der Waals surface area contributed by atoms with E-state index < -0.39 is 0 Å². The van der Waals surface area contributed by atoms with Gasteiger partial charge in [0.05, 0.1) is 0 Å². The van der Waals surface area contributed by atoms with E-state index in [2.05, 4.69) is 42.2 Å². The van der Waals surface area contributed by atoms with E-state index in [0.717, 1.165) is 18.9 Å². The minimum absolute atomic E-state index is 0.262. The van der Waals surface area contributed by atoms with Crippen molar-refractivity contribution in [3.05, 3.63) is 35.9 Å². The Morgan fingerprint density at radius 3 is 2.61 bits per heavy atom. The number of nitrogens with two attached hydrogens (primary N) is 1. The Morgan fingerprint density at radius 2 is 2.00 bits per heavy atom. The lowest BCUT2D eigenvalue weighted by Crippen LogP contribution is -2.40. The molecule has 2 N–H and O–H groups in total. The second-order valence-electron chi connectivity index (χ2n) is 5.65. The van der Waals surface area contributed by atoms with Gasteiger partial charge in [0.2, 0.25) is 0 Å². The highest BCUT2D eigenvalue weighted by molar-refractivity contribution is 5.15. The van der Waals surface area contributed by atoms with E-state index in [-0.39, 0.29) is 6.04 Å². The van der Waals surface area contributed by atoms with Gasteiger partial charge in [-0.25, -0.2) is 0 Å². The number of hydrogen-bond donors (Lipinski definition) is 1. The summed E-state index contributed by atoms with van der Waals surface area (Å²) in [5, 5.41) is 0. The standard InChI is InChI=1S/C16H26N2/c1-2-10-18(12-15-8-9-15)13-16(17)11-14-6-4-3-5-7-14/h3-7,15-16H,2,8-13,17H2,1H3. The molecule has 1 aromatic carbocycles. The van der Waals surface area contributed by atoms with E-state index in [1.165, 1.54) is 37.9 Å². The van der Waals surface area contributed by atoms with Crippen LogP contribution in [0.4, 0.5) is 0 Å². The molecule has 2 rings (SSSR count). The topological polar surface area (TPSA) is 29.3 Å². The van der Waals surface area contributed by atoms with Gasteiger partial charge in [0.15, 0.2) is 0 Å². The number of hydrogen-bond acceptors (Lipinski definition) is 2. The van der Waals surface area contributed by atoms with Crippen LogP contribution in [0.2, 0.25) is 0 Å². The molecule has 1 fully saturated rings. The first-order valence-electron chi connectivity index (χ1n) is 7.29. The number of nitrogens with zero attached hydrogens (tertiary/aromatic N) is 1. The largest absolute Gasteiger partial charge is 0.326 e. The molecule has 0 aliphatic heterocycles. The lowest BCUT2D eigenvalue weighted by atomic mass is 10.1. The molecule has 1 unspecified atom stereocenters. The summed E-state index contributed by atoms with van der Waals surface area (Å²) in [4.78, 5) is 2.56. The molecule has 1 saturated carbocycles.